The maximum absolute atomic E-state index is 11.1. The van der Waals surface area contributed by atoms with Crippen molar-refractivity contribution in [1.29, 1.82) is 0 Å². The van der Waals surface area contributed by atoms with Crippen LogP contribution in [0.1, 0.15) is 44.9 Å². The van der Waals surface area contributed by atoms with Gasteiger partial charge in [0.1, 0.15) is 0 Å². The van der Waals surface area contributed by atoms with E-state index in [2.05, 4.69) is 0 Å². The monoisotopic (exact) mass is 217 g/mol. The van der Waals surface area contributed by atoms with E-state index in [9.17, 15) is 8.42 Å². The van der Waals surface area contributed by atoms with E-state index in [0.717, 1.165) is 37.5 Å². The fraction of sp³-hybridized carbons (Fsp3) is 1.00. The maximum atomic E-state index is 11.1. The van der Waals surface area contributed by atoms with Gasteiger partial charge in [-0.2, -0.15) is 0 Å². The molecule has 0 heterocycles. The molecule has 0 bridgehead atoms. The van der Waals surface area contributed by atoms with E-state index in [-0.39, 0.29) is 5.25 Å². The third-order valence-corrected chi connectivity index (χ3v) is 5.40. The molecule has 0 unspecified atom stereocenters. The molecule has 0 aromatic heterocycles. The van der Waals surface area contributed by atoms with Gasteiger partial charge in [0.2, 0.25) is 10.0 Å². The predicted octanol–water partition coefficient (Wildman–Crippen LogP) is 1.63. The van der Waals surface area contributed by atoms with Crippen molar-refractivity contribution in [1.82, 2.24) is 0 Å². The van der Waals surface area contributed by atoms with Crippen LogP contribution in [0.5, 0.6) is 0 Å². The molecule has 2 fully saturated rings. The fourth-order valence-corrected chi connectivity index (χ4v) is 3.73. The smallest absolute Gasteiger partial charge is 0.211 e. The molecule has 0 amide bonds. The molecule has 82 valence electrons. The zero-order valence-corrected chi connectivity index (χ0v) is 9.30. The molecule has 0 aromatic carbocycles. The lowest BCUT2D eigenvalue weighted by atomic mass is 9.70. The minimum atomic E-state index is -3.26. The van der Waals surface area contributed by atoms with Gasteiger partial charge in [-0.1, -0.05) is 19.3 Å². The van der Waals surface area contributed by atoms with Gasteiger partial charge >= 0.3 is 0 Å². The summed E-state index contributed by atoms with van der Waals surface area (Å²) in [6.45, 7) is 0. The first-order valence-electron chi connectivity index (χ1n) is 5.59. The van der Waals surface area contributed by atoms with E-state index < -0.39 is 10.0 Å². The molecule has 2 aliphatic carbocycles. The Bertz CT molecular complexity index is 287. The number of hydrogen-bond donors (Lipinski definition) is 1. The summed E-state index contributed by atoms with van der Waals surface area (Å²) in [7, 11) is -3.26. The van der Waals surface area contributed by atoms with Gasteiger partial charge in [0.25, 0.3) is 0 Å². The first kappa shape index (κ1) is 10.4. The third kappa shape index (κ3) is 2.11. The SMILES string of the molecule is NS(=O)(=O)C1CCC(C2CCC2)CC1. The van der Waals surface area contributed by atoms with Crippen LogP contribution in [0, 0.1) is 11.8 Å². The van der Waals surface area contributed by atoms with E-state index in [1.54, 1.807) is 0 Å². The Kier molecular flexibility index (Phi) is 2.84. The van der Waals surface area contributed by atoms with Crippen LogP contribution in [0.3, 0.4) is 0 Å². The van der Waals surface area contributed by atoms with Crippen LogP contribution in [0.15, 0.2) is 0 Å². The molecule has 2 N–H and O–H groups in total. The van der Waals surface area contributed by atoms with Crippen molar-refractivity contribution in [3.8, 4) is 0 Å². The van der Waals surface area contributed by atoms with Crippen molar-refractivity contribution < 1.29 is 8.42 Å². The Morgan fingerprint density at radius 1 is 0.857 bits per heavy atom. The Morgan fingerprint density at radius 3 is 1.71 bits per heavy atom. The standard InChI is InChI=1S/C10H19NO2S/c11-14(12,13)10-6-4-9(5-7-10)8-2-1-3-8/h8-10H,1-7H2,(H2,11,12,13). The average molecular weight is 217 g/mol. The van der Waals surface area contributed by atoms with Crippen molar-refractivity contribution in [2.75, 3.05) is 0 Å². The lowest BCUT2D eigenvalue weighted by molar-refractivity contribution is 0.162. The highest BCUT2D eigenvalue weighted by Gasteiger charge is 2.34. The second-order valence-corrected chi connectivity index (χ2v) is 6.66. The van der Waals surface area contributed by atoms with Gasteiger partial charge in [-0.15, -0.1) is 0 Å². The molecular formula is C10H19NO2S. The molecule has 0 radical (unpaired) electrons. The summed E-state index contributed by atoms with van der Waals surface area (Å²) in [5.74, 6) is 1.69. The summed E-state index contributed by atoms with van der Waals surface area (Å²) in [5, 5.41) is 4.90. The van der Waals surface area contributed by atoms with Crippen LogP contribution < -0.4 is 5.14 Å². The van der Waals surface area contributed by atoms with Crippen LogP contribution in [0.4, 0.5) is 0 Å². The minimum absolute atomic E-state index is 0.251. The predicted molar refractivity (Wildman–Crippen MR) is 56.2 cm³/mol. The van der Waals surface area contributed by atoms with Crippen molar-refractivity contribution in [2.45, 2.75) is 50.2 Å². The number of rotatable bonds is 2. The number of nitrogens with two attached hydrogens (primary N) is 1. The van der Waals surface area contributed by atoms with Crippen molar-refractivity contribution >= 4 is 10.0 Å². The molecule has 3 nitrogen and oxygen atoms in total. The Morgan fingerprint density at radius 2 is 1.36 bits per heavy atom. The fourth-order valence-electron chi connectivity index (χ4n) is 2.80. The zero-order valence-electron chi connectivity index (χ0n) is 8.48. The molecule has 0 spiro atoms. The molecule has 2 saturated carbocycles. The number of hydrogen-bond acceptors (Lipinski definition) is 2. The second-order valence-electron chi connectivity index (χ2n) is 4.82. The molecule has 14 heavy (non-hydrogen) atoms. The van der Waals surface area contributed by atoms with Gasteiger partial charge in [-0.3, -0.25) is 0 Å². The topological polar surface area (TPSA) is 60.2 Å². The van der Waals surface area contributed by atoms with Gasteiger partial charge in [-0.25, -0.2) is 13.6 Å². The highest BCUT2D eigenvalue weighted by atomic mass is 32.2. The molecule has 0 aliphatic heterocycles. The van der Waals surface area contributed by atoms with Gasteiger partial charge in [0.05, 0.1) is 5.25 Å². The van der Waals surface area contributed by atoms with Gasteiger partial charge in [0.15, 0.2) is 0 Å². The number of primary sulfonamides is 1. The van der Waals surface area contributed by atoms with E-state index in [4.69, 9.17) is 5.14 Å². The third-order valence-electron chi connectivity index (χ3n) is 4.00. The molecular weight excluding hydrogens is 198 g/mol. The summed E-state index contributed by atoms with van der Waals surface area (Å²) >= 11 is 0. The Balaban J connectivity index is 1.85. The van der Waals surface area contributed by atoms with E-state index in [1.165, 1.54) is 19.3 Å². The maximum Gasteiger partial charge on any atom is 0.211 e. The highest BCUT2D eigenvalue weighted by Crippen LogP contribution is 2.41. The second kappa shape index (κ2) is 3.81. The first-order chi connectivity index (χ1) is 6.57. The van der Waals surface area contributed by atoms with Gasteiger partial charge < -0.3 is 0 Å². The summed E-state index contributed by atoms with van der Waals surface area (Å²) in [5.41, 5.74) is 0. The summed E-state index contributed by atoms with van der Waals surface area (Å²) in [4.78, 5) is 0. The van der Waals surface area contributed by atoms with Crippen LogP contribution >= 0.6 is 0 Å². The largest absolute Gasteiger partial charge is 0.228 e. The first-order valence-corrected chi connectivity index (χ1v) is 7.20. The van der Waals surface area contributed by atoms with Gasteiger partial charge in [-0.05, 0) is 37.5 Å². The molecule has 0 aromatic rings. The average Bonchev–Trinajstić information content (AvgIpc) is 2.00. The van der Waals surface area contributed by atoms with Crippen molar-refractivity contribution in [2.24, 2.45) is 17.0 Å². The Labute approximate surface area is 86.1 Å². The summed E-state index contributed by atoms with van der Waals surface area (Å²) in [6, 6.07) is 0. The van der Waals surface area contributed by atoms with Crippen molar-refractivity contribution in [3.63, 3.8) is 0 Å². The van der Waals surface area contributed by atoms with Crippen molar-refractivity contribution in [3.05, 3.63) is 0 Å². The normalized spacial score (nSPS) is 35.2. The van der Waals surface area contributed by atoms with Crippen LogP contribution in [0.2, 0.25) is 0 Å². The van der Waals surface area contributed by atoms with Gasteiger partial charge in [0, 0.05) is 0 Å². The quantitative estimate of drug-likeness (QED) is 0.764. The molecule has 0 saturated heterocycles. The lowest BCUT2D eigenvalue weighted by Crippen LogP contribution is -2.35. The summed E-state index contributed by atoms with van der Waals surface area (Å²) < 4.78 is 22.2. The molecule has 2 rings (SSSR count). The van der Waals surface area contributed by atoms with Crippen LogP contribution in [-0.4, -0.2) is 13.7 Å². The van der Waals surface area contributed by atoms with E-state index in [1.807, 2.05) is 0 Å². The van der Waals surface area contributed by atoms with Crippen LogP contribution in [0.25, 0.3) is 0 Å². The Hall–Kier alpha value is -0.0900. The van der Waals surface area contributed by atoms with E-state index in [0.29, 0.717) is 0 Å². The molecule has 4 heteroatoms. The molecule has 2 aliphatic rings. The lowest BCUT2D eigenvalue weighted by Gasteiger charge is -2.37. The zero-order chi connectivity index (χ0) is 10.2. The highest BCUT2D eigenvalue weighted by molar-refractivity contribution is 7.89. The summed E-state index contributed by atoms with van der Waals surface area (Å²) in [6.07, 6.45) is 7.84. The van der Waals surface area contributed by atoms with E-state index >= 15 is 0 Å². The minimum Gasteiger partial charge on any atom is -0.228 e. The number of sulfonamides is 1. The molecule has 0 atom stereocenters. The van der Waals surface area contributed by atoms with Crippen LogP contribution in [-0.2, 0) is 10.0 Å².